The van der Waals surface area contributed by atoms with E-state index in [1.54, 1.807) is 12.1 Å². The molecule has 0 saturated heterocycles. The van der Waals surface area contributed by atoms with Gasteiger partial charge in [-0.15, -0.1) is 0 Å². The Labute approximate surface area is 141 Å². The Morgan fingerprint density at radius 1 is 1.08 bits per heavy atom. The van der Waals surface area contributed by atoms with Crippen molar-refractivity contribution in [3.8, 4) is 5.88 Å². The van der Waals surface area contributed by atoms with Gasteiger partial charge in [-0.3, -0.25) is 0 Å². The Balaban J connectivity index is 1.45. The van der Waals surface area contributed by atoms with Crippen LogP contribution in [-0.4, -0.2) is 22.2 Å². The fraction of sp³-hybridized carbons (Fsp3) is 0.368. The van der Waals surface area contributed by atoms with Gasteiger partial charge in [0.15, 0.2) is 0 Å². The van der Waals surface area contributed by atoms with Crippen molar-refractivity contribution in [2.24, 2.45) is 0 Å². The molecule has 0 bridgehead atoms. The van der Waals surface area contributed by atoms with Crippen LogP contribution in [0.5, 0.6) is 5.88 Å². The minimum Gasteiger partial charge on any atom is -0.478 e. The van der Waals surface area contributed by atoms with E-state index in [-0.39, 0.29) is 0 Å². The van der Waals surface area contributed by atoms with Crippen LogP contribution in [0, 0.1) is 0 Å². The number of rotatable bonds is 7. The Morgan fingerprint density at radius 3 is 2.38 bits per heavy atom. The summed E-state index contributed by atoms with van der Waals surface area (Å²) < 4.78 is 5.86. The lowest BCUT2D eigenvalue weighted by Crippen LogP contribution is -2.14. The average molecular weight is 326 g/mol. The number of ether oxygens (including phenoxy) is 1. The molecular weight excluding hydrogens is 304 g/mol. The van der Waals surface area contributed by atoms with Crippen LogP contribution in [0.3, 0.4) is 0 Å². The lowest BCUT2D eigenvalue weighted by Gasteiger charge is -2.12. The van der Waals surface area contributed by atoms with Gasteiger partial charge in [-0.25, -0.2) is 9.78 Å². The molecule has 5 nitrogen and oxygen atoms in total. The number of nitrogens with zero attached hydrogens (tertiary/aromatic N) is 1. The Hall–Kier alpha value is -2.40. The molecule has 1 aliphatic carbocycles. The smallest absolute Gasteiger partial charge is 0.335 e. The summed E-state index contributed by atoms with van der Waals surface area (Å²) in [4.78, 5) is 15.2. The van der Waals surface area contributed by atoms with E-state index in [0.29, 0.717) is 30.6 Å². The third-order valence-corrected chi connectivity index (χ3v) is 4.25. The van der Waals surface area contributed by atoms with Gasteiger partial charge in [0.2, 0.25) is 5.88 Å². The van der Waals surface area contributed by atoms with Crippen molar-refractivity contribution in [2.45, 2.75) is 44.9 Å². The fourth-order valence-electron chi connectivity index (χ4n) is 2.88. The van der Waals surface area contributed by atoms with Gasteiger partial charge in [0.1, 0.15) is 6.10 Å². The summed E-state index contributed by atoms with van der Waals surface area (Å²) in [6.45, 7) is 1.39. The molecule has 1 fully saturated rings. The Morgan fingerprint density at radius 2 is 1.75 bits per heavy atom. The van der Waals surface area contributed by atoms with Crippen molar-refractivity contribution in [1.82, 2.24) is 10.3 Å². The molecule has 24 heavy (non-hydrogen) atoms. The summed E-state index contributed by atoms with van der Waals surface area (Å²) in [5.74, 6) is -0.199. The Bertz CT molecular complexity index is 662. The molecule has 0 radical (unpaired) electrons. The first-order chi connectivity index (χ1) is 11.7. The first-order valence-corrected chi connectivity index (χ1v) is 8.35. The van der Waals surface area contributed by atoms with Crippen LogP contribution < -0.4 is 10.1 Å². The maximum atomic E-state index is 10.8. The number of carboxylic acids is 1. The number of carboxylic acid groups (broad SMARTS) is 1. The van der Waals surface area contributed by atoms with E-state index in [1.807, 2.05) is 30.5 Å². The van der Waals surface area contributed by atoms with E-state index in [9.17, 15) is 4.79 Å². The lowest BCUT2D eigenvalue weighted by atomic mass is 10.1. The van der Waals surface area contributed by atoms with Gasteiger partial charge in [-0.1, -0.05) is 18.2 Å². The van der Waals surface area contributed by atoms with Gasteiger partial charge < -0.3 is 15.2 Å². The van der Waals surface area contributed by atoms with E-state index in [2.05, 4.69) is 10.3 Å². The lowest BCUT2D eigenvalue weighted by molar-refractivity contribution is 0.0697. The summed E-state index contributed by atoms with van der Waals surface area (Å²) in [5, 5.41) is 12.2. The minimum absolute atomic E-state index is 0.306. The molecule has 3 rings (SSSR count). The van der Waals surface area contributed by atoms with Crippen LogP contribution in [0.4, 0.5) is 0 Å². The van der Waals surface area contributed by atoms with Gasteiger partial charge in [-0.05, 0) is 48.9 Å². The zero-order chi connectivity index (χ0) is 16.8. The quantitative estimate of drug-likeness (QED) is 0.816. The van der Waals surface area contributed by atoms with Gasteiger partial charge in [0.05, 0.1) is 5.56 Å². The highest BCUT2D eigenvalue weighted by molar-refractivity contribution is 5.87. The number of nitrogens with one attached hydrogen (secondary N) is 1. The van der Waals surface area contributed by atoms with Crippen molar-refractivity contribution in [3.05, 3.63) is 59.3 Å². The zero-order valence-electron chi connectivity index (χ0n) is 13.6. The molecule has 1 aromatic heterocycles. The molecule has 2 aromatic rings. The number of aromatic nitrogens is 1. The maximum Gasteiger partial charge on any atom is 0.335 e. The van der Waals surface area contributed by atoms with Crippen LogP contribution in [0.2, 0.25) is 0 Å². The van der Waals surface area contributed by atoms with E-state index in [4.69, 9.17) is 9.84 Å². The zero-order valence-corrected chi connectivity index (χ0v) is 13.6. The van der Waals surface area contributed by atoms with Gasteiger partial charge in [0, 0.05) is 25.4 Å². The highest BCUT2D eigenvalue weighted by atomic mass is 16.5. The highest BCUT2D eigenvalue weighted by Gasteiger charge is 2.16. The number of pyridine rings is 1. The van der Waals surface area contributed by atoms with Crippen molar-refractivity contribution in [1.29, 1.82) is 0 Å². The topological polar surface area (TPSA) is 71.5 Å². The summed E-state index contributed by atoms with van der Waals surface area (Å²) >= 11 is 0. The molecule has 0 amide bonds. The highest BCUT2D eigenvalue weighted by Crippen LogP contribution is 2.22. The average Bonchev–Trinajstić information content (AvgIpc) is 3.10. The van der Waals surface area contributed by atoms with E-state index >= 15 is 0 Å². The van der Waals surface area contributed by atoms with Crippen molar-refractivity contribution in [3.63, 3.8) is 0 Å². The third kappa shape index (κ3) is 4.55. The number of carbonyl (C=O) groups is 1. The van der Waals surface area contributed by atoms with Crippen LogP contribution in [-0.2, 0) is 13.1 Å². The molecule has 1 aliphatic rings. The second-order valence-electron chi connectivity index (χ2n) is 6.13. The molecule has 5 heteroatoms. The molecule has 0 spiro atoms. The second kappa shape index (κ2) is 7.93. The third-order valence-electron chi connectivity index (χ3n) is 4.25. The first-order valence-electron chi connectivity index (χ1n) is 8.35. The summed E-state index contributed by atoms with van der Waals surface area (Å²) in [6, 6.07) is 10.8. The largest absolute Gasteiger partial charge is 0.478 e. The standard InChI is InChI=1S/C19H22N2O3/c22-19(23)16-8-5-14(6-9-16)11-20-12-15-7-10-18(21-13-15)24-17-3-1-2-4-17/h5-10,13,17,20H,1-4,11-12H2,(H,22,23). The fourth-order valence-corrected chi connectivity index (χ4v) is 2.88. The number of aromatic carboxylic acids is 1. The molecule has 0 aliphatic heterocycles. The molecule has 1 saturated carbocycles. The van der Waals surface area contributed by atoms with E-state index in [0.717, 1.165) is 24.0 Å². The predicted octanol–water partition coefficient (Wildman–Crippen LogP) is 3.39. The van der Waals surface area contributed by atoms with Crippen molar-refractivity contribution in [2.75, 3.05) is 0 Å². The molecule has 0 atom stereocenters. The number of hydrogen-bond acceptors (Lipinski definition) is 4. The summed E-state index contributed by atoms with van der Waals surface area (Å²) in [5.41, 5.74) is 2.45. The van der Waals surface area contributed by atoms with Gasteiger partial charge in [-0.2, -0.15) is 0 Å². The SMILES string of the molecule is O=C(O)c1ccc(CNCc2ccc(OC3CCCC3)nc2)cc1. The summed E-state index contributed by atoms with van der Waals surface area (Å²) in [7, 11) is 0. The van der Waals surface area contributed by atoms with Crippen molar-refractivity contribution < 1.29 is 14.6 Å². The number of hydrogen-bond donors (Lipinski definition) is 2. The van der Waals surface area contributed by atoms with Crippen LogP contribution in [0.1, 0.15) is 47.2 Å². The monoisotopic (exact) mass is 326 g/mol. The second-order valence-corrected chi connectivity index (χ2v) is 6.13. The maximum absolute atomic E-state index is 10.8. The number of benzene rings is 1. The van der Waals surface area contributed by atoms with Crippen LogP contribution in [0.25, 0.3) is 0 Å². The van der Waals surface area contributed by atoms with E-state index in [1.165, 1.54) is 12.8 Å². The molecule has 126 valence electrons. The summed E-state index contributed by atoms with van der Waals surface area (Å²) in [6.07, 6.45) is 6.93. The molecule has 0 unspecified atom stereocenters. The molecule has 2 N–H and O–H groups in total. The van der Waals surface area contributed by atoms with Gasteiger partial charge >= 0.3 is 5.97 Å². The van der Waals surface area contributed by atoms with Crippen LogP contribution >= 0.6 is 0 Å². The molecule has 1 aromatic carbocycles. The van der Waals surface area contributed by atoms with Gasteiger partial charge in [0.25, 0.3) is 0 Å². The first kappa shape index (κ1) is 16.5. The molecule has 1 heterocycles. The normalized spacial score (nSPS) is 14.7. The van der Waals surface area contributed by atoms with Crippen molar-refractivity contribution >= 4 is 5.97 Å². The predicted molar refractivity (Wildman–Crippen MR) is 91.1 cm³/mol. The minimum atomic E-state index is -0.902. The molecular formula is C19H22N2O3. The van der Waals surface area contributed by atoms with E-state index < -0.39 is 5.97 Å². The van der Waals surface area contributed by atoms with Crippen LogP contribution in [0.15, 0.2) is 42.6 Å². The Kier molecular flexibility index (Phi) is 5.43.